The van der Waals surface area contributed by atoms with E-state index in [-0.39, 0.29) is 0 Å². The molecule has 0 saturated heterocycles. The molecule has 1 heterocycles. The molecular formula is C13H24ClN3. The van der Waals surface area contributed by atoms with E-state index in [0.29, 0.717) is 11.3 Å². The molecule has 1 rings (SSSR count). The van der Waals surface area contributed by atoms with E-state index in [9.17, 15) is 0 Å². The third kappa shape index (κ3) is 3.71. The number of aryl methyl sites for hydroxylation is 2. The van der Waals surface area contributed by atoms with Gasteiger partial charge < -0.3 is 5.32 Å². The summed E-state index contributed by atoms with van der Waals surface area (Å²) in [5.74, 6) is 0.623. The largest absolute Gasteiger partial charge is 0.312 e. The highest BCUT2D eigenvalue weighted by atomic mass is 35.5. The van der Waals surface area contributed by atoms with Gasteiger partial charge in [-0.05, 0) is 24.8 Å². The van der Waals surface area contributed by atoms with Gasteiger partial charge in [0.05, 0.1) is 5.69 Å². The second-order valence-corrected chi connectivity index (χ2v) is 6.23. The highest BCUT2D eigenvalue weighted by molar-refractivity contribution is 6.30. The predicted molar refractivity (Wildman–Crippen MR) is 73.3 cm³/mol. The maximum Gasteiger partial charge on any atom is 0.131 e. The van der Waals surface area contributed by atoms with Crippen molar-refractivity contribution >= 4 is 11.6 Å². The van der Waals surface area contributed by atoms with Crippen molar-refractivity contribution in [3.63, 3.8) is 0 Å². The Hall–Kier alpha value is -0.540. The molecule has 1 aromatic heterocycles. The first-order chi connectivity index (χ1) is 7.73. The monoisotopic (exact) mass is 257 g/mol. The first-order valence-electron chi connectivity index (χ1n) is 6.12. The highest BCUT2D eigenvalue weighted by Gasteiger charge is 2.19. The maximum atomic E-state index is 6.18. The molecule has 4 heteroatoms. The molecule has 0 fully saturated rings. The van der Waals surface area contributed by atoms with E-state index in [1.807, 2.05) is 14.0 Å². The van der Waals surface area contributed by atoms with E-state index in [0.717, 1.165) is 29.5 Å². The lowest BCUT2D eigenvalue weighted by atomic mass is 9.82. The fourth-order valence-corrected chi connectivity index (χ4v) is 1.84. The fourth-order valence-electron chi connectivity index (χ4n) is 1.59. The zero-order valence-corrected chi connectivity index (χ0v) is 12.5. The van der Waals surface area contributed by atoms with Gasteiger partial charge in [-0.1, -0.05) is 39.3 Å². The average Bonchev–Trinajstić information content (AvgIpc) is 2.42. The summed E-state index contributed by atoms with van der Waals surface area (Å²) >= 11 is 6.18. The lowest BCUT2D eigenvalue weighted by molar-refractivity contribution is 0.252. The Bertz CT molecular complexity index is 377. The van der Waals surface area contributed by atoms with Crippen LogP contribution in [0.25, 0.3) is 0 Å². The summed E-state index contributed by atoms with van der Waals surface area (Å²) < 4.78 is 1.72. The third-order valence-electron chi connectivity index (χ3n) is 3.50. The molecule has 98 valence electrons. The first-order valence-corrected chi connectivity index (χ1v) is 6.50. The summed E-state index contributed by atoms with van der Waals surface area (Å²) in [6, 6.07) is 0. The first kappa shape index (κ1) is 14.5. The molecule has 1 atom stereocenters. The van der Waals surface area contributed by atoms with Gasteiger partial charge in [-0.25, -0.2) is 0 Å². The van der Waals surface area contributed by atoms with Gasteiger partial charge in [-0.2, -0.15) is 5.10 Å². The van der Waals surface area contributed by atoms with Crippen LogP contribution in [0.3, 0.4) is 0 Å². The molecule has 0 aliphatic rings. The second kappa shape index (κ2) is 5.40. The van der Waals surface area contributed by atoms with Crippen LogP contribution >= 0.6 is 11.6 Å². The van der Waals surface area contributed by atoms with Crippen molar-refractivity contribution in [2.45, 2.75) is 41.2 Å². The summed E-state index contributed by atoms with van der Waals surface area (Å²) in [5, 5.41) is 8.50. The quantitative estimate of drug-likeness (QED) is 0.898. The van der Waals surface area contributed by atoms with Crippen molar-refractivity contribution in [3.05, 3.63) is 16.4 Å². The van der Waals surface area contributed by atoms with Crippen molar-refractivity contribution < 1.29 is 0 Å². The van der Waals surface area contributed by atoms with Gasteiger partial charge in [-0.3, -0.25) is 4.68 Å². The minimum atomic E-state index is 0.334. The van der Waals surface area contributed by atoms with Gasteiger partial charge in [0, 0.05) is 19.2 Å². The molecule has 0 saturated carbocycles. The van der Waals surface area contributed by atoms with Gasteiger partial charge in [0.25, 0.3) is 0 Å². The Morgan fingerprint density at radius 1 is 1.41 bits per heavy atom. The molecule has 0 bridgehead atoms. The Morgan fingerprint density at radius 2 is 2.00 bits per heavy atom. The van der Waals surface area contributed by atoms with E-state index in [4.69, 9.17) is 11.6 Å². The van der Waals surface area contributed by atoms with Gasteiger partial charge in [0.2, 0.25) is 0 Å². The molecule has 0 radical (unpaired) electrons. The summed E-state index contributed by atoms with van der Waals surface area (Å²) in [7, 11) is 1.87. The summed E-state index contributed by atoms with van der Waals surface area (Å²) in [4.78, 5) is 0. The predicted octanol–water partition coefficient (Wildman–Crippen LogP) is 3.15. The van der Waals surface area contributed by atoms with Crippen molar-refractivity contribution in [2.75, 3.05) is 6.54 Å². The van der Waals surface area contributed by atoms with Crippen molar-refractivity contribution in [1.29, 1.82) is 0 Å². The lowest BCUT2D eigenvalue weighted by Gasteiger charge is -2.27. The van der Waals surface area contributed by atoms with Crippen LogP contribution in [0, 0.1) is 18.3 Å². The standard InChI is InChI=1S/C13H24ClN3/c1-9(13(3,4)5)7-15-8-11-10(2)16-17(6)12(11)14/h9,15H,7-8H2,1-6H3. The van der Waals surface area contributed by atoms with Crippen LogP contribution in [0.15, 0.2) is 0 Å². The van der Waals surface area contributed by atoms with Crippen LogP contribution < -0.4 is 5.32 Å². The average molecular weight is 258 g/mol. The zero-order valence-electron chi connectivity index (χ0n) is 11.8. The number of hydrogen-bond acceptors (Lipinski definition) is 2. The second-order valence-electron chi connectivity index (χ2n) is 5.88. The minimum absolute atomic E-state index is 0.334. The van der Waals surface area contributed by atoms with Crippen molar-refractivity contribution in [3.8, 4) is 0 Å². The highest BCUT2D eigenvalue weighted by Crippen LogP contribution is 2.25. The number of hydrogen-bond donors (Lipinski definition) is 1. The molecule has 0 aliphatic heterocycles. The Labute approximate surface area is 110 Å². The third-order valence-corrected chi connectivity index (χ3v) is 3.97. The molecule has 0 amide bonds. The number of aromatic nitrogens is 2. The molecule has 0 aromatic carbocycles. The molecule has 3 nitrogen and oxygen atoms in total. The molecule has 1 N–H and O–H groups in total. The zero-order chi connectivity index (χ0) is 13.2. The van der Waals surface area contributed by atoms with Crippen LogP contribution in [0.5, 0.6) is 0 Å². The van der Waals surface area contributed by atoms with Gasteiger partial charge in [-0.15, -0.1) is 0 Å². The number of halogens is 1. The van der Waals surface area contributed by atoms with Crippen LogP contribution in [0.1, 0.15) is 39.0 Å². The molecule has 1 unspecified atom stereocenters. The van der Waals surface area contributed by atoms with E-state index in [1.165, 1.54) is 0 Å². The van der Waals surface area contributed by atoms with Crippen LogP contribution in [-0.4, -0.2) is 16.3 Å². The Morgan fingerprint density at radius 3 is 2.41 bits per heavy atom. The Balaban J connectivity index is 2.52. The van der Waals surface area contributed by atoms with E-state index >= 15 is 0 Å². The van der Waals surface area contributed by atoms with E-state index < -0.39 is 0 Å². The van der Waals surface area contributed by atoms with Crippen molar-refractivity contribution in [2.24, 2.45) is 18.4 Å². The maximum absolute atomic E-state index is 6.18. The summed E-state index contributed by atoms with van der Waals surface area (Å²) in [6.07, 6.45) is 0. The normalized spacial score (nSPS) is 14.1. The summed E-state index contributed by atoms with van der Waals surface area (Å²) in [5.41, 5.74) is 2.45. The summed E-state index contributed by atoms with van der Waals surface area (Å²) in [6.45, 7) is 12.8. The molecule has 17 heavy (non-hydrogen) atoms. The molecule has 0 spiro atoms. The SMILES string of the molecule is Cc1nn(C)c(Cl)c1CNCC(C)C(C)(C)C. The number of nitrogens with zero attached hydrogens (tertiary/aromatic N) is 2. The van der Waals surface area contributed by atoms with E-state index in [1.54, 1.807) is 4.68 Å². The molecule has 1 aromatic rings. The molecule has 0 aliphatic carbocycles. The number of nitrogens with one attached hydrogen (secondary N) is 1. The van der Waals surface area contributed by atoms with Gasteiger partial charge in [0.15, 0.2) is 0 Å². The van der Waals surface area contributed by atoms with Crippen molar-refractivity contribution in [1.82, 2.24) is 15.1 Å². The minimum Gasteiger partial charge on any atom is -0.312 e. The van der Waals surface area contributed by atoms with Gasteiger partial charge in [0.1, 0.15) is 5.15 Å². The van der Waals surface area contributed by atoms with Crippen LogP contribution in [-0.2, 0) is 13.6 Å². The Kier molecular flexibility index (Phi) is 4.62. The van der Waals surface area contributed by atoms with Crippen LogP contribution in [0.4, 0.5) is 0 Å². The smallest absolute Gasteiger partial charge is 0.131 e. The fraction of sp³-hybridized carbons (Fsp3) is 0.769. The van der Waals surface area contributed by atoms with E-state index in [2.05, 4.69) is 38.1 Å². The number of rotatable bonds is 4. The molecular weight excluding hydrogens is 234 g/mol. The van der Waals surface area contributed by atoms with Gasteiger partial charge >= 0.3 is 0 Å². The topological polar surface area (TPSA) is 29.9 Å². The lowest BCUT2D eigenvalue weighted by Crippen LogP contribution is -2.29. The van der Waals surface area contributed by atoms with Crippen LogP contribution in [0.2, 0.25) is 5.15 Å².